The molecule has 2 amide bonds. The zero-order valence-electron chi connectivity index (χ0n) is 37.4. The Morgan fingerprint density at radius 2 is 0.867 bits per heavy atom. The van der Waals surface area contributed by atoms with E-state index >= 15 is 0 Å². The van der Waals surface area contributed by atoms with Crippen LogP contribution in [0.2, 0.25) is 0 Å². The van der Waals surface area contributed by atoms with Crippen LogP contribution in [-0.2, 0) is 9.47 Å². The number of amides is 2. The summed E-state index contributed by atoms with van der Waals surface area (Å²) in [4.78, 5) is 59.1. The van der Waals surface area contributed by atoms with E-state index in [1.165, 1.54) is 0 Å². The quantitative estimate of drug-likeness (QED) is 0.0192. The first-order valence-electron chi connectivity index (χ1n) is 23.7. The second-order valence-electron chi connectivity index (χ2n) is 17.5. The van der Waals surface area contributed by atoms with Gasteiger partial charge >= 0.3 is 11.9 Å². The van der Waals surface area contributed by atoms with Crippen LogP contribution in [0, 0.1) is 11.8 Å². The van der Waals surface area contributed by atoms with Crippen molar-refractivity contribution in [3.8, 4) is 0 Å². The minimum Gasteiger partial charge on any atom is -0.462 e. The number of fused-ring (bicyclic) bond motifs is 2. The molecule has 60 heavy (non-hydrogen) atoms. The van der Waals surface area contributed by atoms with E-state index in [1.807, 2.05) is 36.4 Å². The molecule has 0 saturated carbocycles. The summed E-state index contributed by atoms with van der Waals surface area (Å²) in [5.74, 6) is -0.817. The molecule has 7 nitrogen and oxygen atoms in total. The summed E-state index contributed by atoms with van der Waals surface area (Å²) in [6.07, 6.45) is 18.5. The first kappa shape index (κ1) is 45.0. The van der Waals surface area contributed by atoms with Crippen LogP contribution in [0.15, 0.2) is 48.5 Å². The van der Waals surface area contributed by atoms with E-state index in [0.29, 0.717) is 46.2 Å². The van der Waals surface area contributed by atoms with Crippen molar-refractivity contribution in [3.63, 3.8) is 0 Å². The lowest BCUT2D eigenvalue weighted by Crippen LogP contribution is -2.47. The average Bonchev–Trinajstić information content (AvgIpc) is 3.27. The summed E-state index contributed by atoms with van der Waals surface area (Å²) in [6, 6.07) is 15.1. The van der Waals surface area contributed by atoms with Gasteiger partial charge in [-0.15, -0.1) is 0 Å². The van der Waals surface area contributed by atoms with Crippen molar-refractivity contribution in [2.45, 2.75) is 163 Å². The fourth-order valence-electron chi connectivity index (χ4n) is 9.62. The van der Waals surface area contributed by atoms with Gasteiger partial charge in [0.15, 0.2) is 0 Å². The first-order valence-corrected chi connectivity index (χ1v) is 23.7. The van der Waals surface area contributed by atoms with Crippen LogP contribution in [0.3, 0.4) is 0 Å². The normalized spacial score (nSPS) is 14.0. The highest BCUT2D eigenvalue weighted by atomic mass is 16.5. The van der Waals surface area contributed by atoms with E-state index in [1.54, 1.807) is 17.0 Å². The fraction of sp³-hybridized carbons (Fsp3) is 0.547. The third kappa shape index (κ3) is 9.35. The number of esters is 2. The van der Waals surface area contributed by atoms with Crippen molar-refractivity contribution in [1.82, 2.24) is 4.90 Å². The van der Waals surface area contributed by atoms with Crippen molar-refractivity contribution in [3.05, 3.63) is 70.8 Å². The summed E-state index contributed by atoms with van der Waals surface area (Å²) in [6.45, 7) is 13.6. The smallest absolute Gasteiger partial charge is 0.338 e. The maximum Gasteiger partial charge on any atom is 0.338 e. The van der Waals surface area contributed by atoms with E-state index in [9.17, 15) is 19.2 Å². The molecule has 5 aromatic rings. The van der Waals surface area contributed by atoms with Crippen LogP contribution < -0.4 is 0 Å². The number of hydrogen-bond donors (Lipinski definition) is 0. The van der Waals surface area contributed by atoms with Gasteiger partial charge in [0.1, 0.15) is 0 Å². The van der Waals surface area contributed by atoms with Crippen LogP contribution >= 0.6 is 0 Å². The van der Waals surface area contributed by atoms with Gasteiger partial charge in [-0.3, -0.25) is 14.5 Å². The van der Waals surface area contributed by atoms with Gasteiger partial charge in [-0.05, 0) is 94.1 Å². The Morgan fingerprint density at radius 3 is 1.27 bits per heavy atom. The van der Waals surface area contributed by atoms with Crippen molar-refractivity contribution < 1.29 is 28.7 Å². The molecule has 6 rings (SSSR count). The number of carbonyl (C=O) groups excluding carboxylic acids is 4. The number of unbranched alkanes of at least 4 members (excludes halogenated alkanes) is 8. The number of benzene rings is 5. The van der Waals surface area contributed by atoms with Gasteiger partial charge in [-0.2, -0.15) is 0 Å². The lowest BCUT2D eigenvalue weighted by atomic mass is 9.82. The van der Waals surface area contributed by atoms with Crippen LogP contribution in [0.25, 0.3) is 43.1 Å². The maximum absolute atomic E-state index is 14.6. The van der Waals surface area contributed by atoms with Gasteiger partial charge in [-0.1, -0.05) is 156 Å². The monoisotopic (exact) mass is 816 g/mol. The lowest BCUT2D eigenvalue weighted by molar-refractivity contribution is 0.0428. The van der Waals surface area contributed by atoms with Gasteiger partial charge in [0, 0.05) is 27.9 Å². The Balaban J connectivity index is 1.48. The van der Waals surface area contributed by atoms with Crippen LogP contribution in [0.4, 0.5) is 0 Å². The molecule has 0 saturated heterocycles. The molecule has 1 aliphatic heterocycles. The minimum absolute atomic E-state index is 0.140. The average molecular weight is 816 g/mol. The Kier molecular flexibility index (Phi) is 16.0. The number of carbonyl (C=O) groups is 4. The van der Waals surface area contributed by atoms with E-state index in [2.05, 4.69) is 41.5 Å². The molecule has 0 aromatic heterocycles. The molecule has 0 N–H and O–H groups in total. The van der Waals surface area contributed by atoms with Gasteiger partial charge in [-0.25, -0.2) is 9.59 Å². The summed E-state index contributed by atoms with van der Waals surface area (Å²) in [7, 11) is 0. The summed E-state index contributed by atoms with van der Waals surface area (Å²) < 4.78 is 12.1. The van der Waals surface area contributed by atoms with Crippen molar-refractivity contribution >= 4 is 66.8 Å². The third-order valence-corrected chi connectivity index (χ3v) is 13.4. The highest BCUT2D eigenvalue weighted by Crippen LogP contribution is 2.46. The van der Waals surface area contributed by atoms with Crippen molar-refractivity contribution in [2.75, 3.05) is 13.2 Å². The summed E-state index contributed by atoms with van der Waals surface area (Å²) >= 11 is 0. The molecule has 0 aliphatic carbocycles. The fourth-order valence-corrected chi connectivity index (χ4v) is 9.62. The predicted molar refractivity (Wildman–Crippen MR) is 247 cm³/mol. The molecule has 0 radical (unpaired) electrons. The Bertz CT molecular complexity index is 2130. The van der Waals surface area contributed by atoms with E-state index in [4.69, 9.17) is 9.47 Å². The van der Waals surface area contributed by atoms with Gasteiger partial charge in [0.2, 0.25) is 0 Å². The second-order valence-corrected chi connectivity index (χ2v) is 17.5. The lowest BCUT2D eigenvalue weighted by Gasteiger charge is -2.35. The molecule has 0 fully saturated rings. The molecule has 1 aliphatic rings. The molecule has 7 heteroatoms. The second kappa shape index (κ2) is 21.3. The standard InChI is InChI=1S/C53H69NO6/c1-7-13-17-19-23-37(24-20-18-14-8-2)54-50(55)42-29-25-38-40-27-31-44(52(57)59-33-35(11-5)21-15-9-3)49-45(53(58)60-34-36(12-6)22-16-10-4)32-28-41(47(40)49)39-26-30-43(51(54)56)48(42)46(38)39/h25-32,35-37H,7-24,33-34H2,1-6H3. The SMILES string of the molecule is CCCCCCC(CCCCCC)N1C(=O)c2ccc3c4ccc(C(=O)OCC(CC)CCCC)c5c(C(=O)OCC(CC)CCCC)ccc(c6ccc(c2c36)C1=O)c54. The Morgan fingerprint density at radius 1 is 0.467 bits per heavy atom. The minimum atomic E-state index is -0.455. The number of ether oxygens (including phenoxy) is 2. The highest BCUT2D eigenvalue weighted by molar-refractivity contribution is 6.40. The third-order valence-electron chi connectivity index (χ3n) is 13.4. The first-order chi connectivity index (χ1) is 29.2. The van der Waals surface area contributed by atoms with Crippen LogP contribution in [0.1, 0.15) is 199 Å². The van der Waals surface area contributed by atoms with E-state index in [-0.39, 0.29) is 29.7 Å². The molecular formula is C53H69NO6. The van der Waals surface area contributed by atoms with Crippen molar-refractivity contribution in [2.24, 2.45) is 11.8 Å². The number of nitrogens with zero attached hydrogens (tertiary/aromatic N) is 1. The molecule has 5 aromatic carbocycles. The predicted octanol–water partition coefficient (Wildman–Crippen LogP) is 14.4. The van der Waals surface area contributed by atoms with Gasteiger partial charge in [0.05, 0.1) is 24.3 Å². The zero-order valence-corrected chi connectivity index (χ0v) is 37.4. The molecule has 2 atom stereocenters. The number of imide groups is 1. The van der Waals surface area contributed by atoms with E-state index < -0.39 is 11.9 Å². The topological polar surface area (TPSA) is 90.0 Å². The van der Waals surface area contributed by atoms with Gasteiger partial charge in [0.25, 0.3) is 11.8 Å². The van der Waals surface area contributed by atoms with E-state index in [0.717, 1.165) is 148 Å². The van der Waals surface area contributed by atoms with Crippen molar-refractivity contribution in [1.29, 1.82) is 0 Å². The molecule has 322 valence electrons. The molecule has 0 spiro atoms. The van der Waals surface area contributed by atoms with Gasteiger partial charge < -0.3 is 9.47 Å². The summed E-state index contributed by atoms with van der Waals surface area (Å²) in [5, 5.41) is 6.28. The zero-order chi connectivity index (χ0) is 42.8. The molecular weight excluding hydrogens is 747 g/mol. The number of hydrogen-bond acceptors (Lipinski definition) is 6. The van der Waals surface area contributed by atoms with Crippen LogP contribution in [0.5, 0.6) is 0 Å². The Hall–Kier alpha value is -4.52. The molecule has 0 bridgehead atoms. The highest BCUT2D eigenvalue weighted by Gasteiger charge is 2.38. The largest absolute Gasteiger partial charge is 0.462 e. The number of rotatable bonds is 25. The Labute approximate surface area is 358 Å². The maximum atomic E-state index is 14.6. The van der Waals surface area contributed by atoms with Crippen LogP contribution in [-0.4, -0.2) is 47.9 Å². The molecule has 1 heterocycles. The molecule has 2 unspecified atom stereocenters. The summed E-state index contributed by atoms with van der Waals surface area (Å²) in [5.41, 5.74) is 1.79.